The molecule has 8 heteroatoms. The highest BCUT2D eigenvalue weighted by molar-refractivity contribution is 7.89. The van der Waals surface area contributed by atoms with E-state index in [4.69, 9.17) is 4.98 Å². The lowest BCUT2D eigenvalue weighted by atomic mass is 10.1. The Morgan fingerprint density at radius 3 is 2.48 bits per heavy atom. The van der Waals surface area contributed by atoms with Gasteiger partial charge in [-0.05, 0) is 61.9 Å². The van der Waals surface area contributed by atoms with E-state index >= 15 is 0 Å². The minimum atomic E-state index is -3.45. The van der Waals surface area contributed by atoms with Crippen molar-refractivity contribution in [2.45, 2.75) is 62.4 Å². The third-order valence-corrected chi connectivity index (χ3v) is 7.68. The van der Waals surface area contributed by atoms with E-state index in [0.29, 0.717) is 12.8 Å². The normalized spacial score (nSPS) is 15.8. The number of nitrogens with one attached hydrogen (secondary N) is 2. The van der Waals surface area contributed by atoms with Crippen LogP contribution in [-0.4, -0.2) is 29.9 Å². The van der Waals surface area contributed by atoms with Crippen LogP contribution in [0.5, 0.6) is 0 Å². The number of sulfonamides is 1. The molecule has 0 unspecified atom stereocenters. The maximum Gasteiger partial charge on any atom is 0.240 e. The fourth-order valence-corrected chi connectivity index (χ4v) is 5.39. The summed E-state index contributed by atoms with van der Waals surface area (Å²) in [7, 11) is -3.45. The van der Waals surface area contributed by atoms with Crippen molar-refractivity contribution in [1.82, 2.24) is 14.3 Å². The lowest BCUT2D eigenvalue weighted by Crippen LogP contribution is -2.25. The number of benzene rings is 2. The first-order valence-electron chi connectivity index (χ1n) is 11.5. The molecule has 0 radical (unpaired) electrons. The summed E-state index contributed by atoms with van der Waals surface area (Å²) in [5.41, 5.74) is 3.69. The van der Waals surface area contributed by atoms with Crippen molar-refractivity contribution in [2.24, 2.45) is 0 Å². The Morgan fingerprint density at radius 1 is 1.03 bits per heavy atom. The van der Waals surface area contributed by atoms with Crippen molar-refractivity contribution in [1.29, 1.82) is 0 Å². The summed E-state index contributed by atoms with van der Waals surface area (Å²) < 4.78 is 29.4. The monoisotopic (exact) mass is 464 g/mol. The van der Waals surface area contributed by atoms with Crippen molar-refractivity contribution in [3.05, 3.63) is 66.1 Å². The van der Waals surface area contributed by atoms with Crippen LogP contribution in [0.1, 0.15) is 43.5 Å². The smallest absolute Gasteiger partial charge is 0.240 e. The molecule has 1 amide bonds. The van der Waals surface area contributed by atoms with Crippen molar-refractivity contribution >= 4 is 21.6 Å². The van der Waals surface area contributed by atoms with E-state index < -0.39 is 10.0 Å². The van der Waals surface area contributed by atoms with Gasteiger partial charge in [-0.15, -0.1) is 0 Å². The van der Waals surface area contributed by atoms with Crippen LogP contribution in [0, 0.1) is 0 Å². The number of aromatic nitrogens is 2. The number of imidazole rings is 1. The predicted octanol–water partition coefficient (Wildman–Crippen LogP) is 3.90. The summed E-state index contributed by atoms with van der Waals surface area (Å²) >= 11 is 0. The molecular weight excluding hydrogens is 436 g/mol. The van der Waals surface area contributed by atoms with Crippen molar-refractivity contribution in [3.8, 4) is 11.3 Å². The number of carbonyl (C=O) groups excluding carboxylic acids is 1. The summed E-state index contributed by atoms with van der Waals surface area (Å²) in [6.07, 6.45) is 8.21. The third-order valence-electron chi connectivity index (χ3n) is 6.15. The average molecular weight is 465 g/mol. The van der Waals surface area contributed by atoms with Crippen molar-refractivity contribution in [3.63, 3.8) is 0 Å². The van der Waals surface area contributed by atoms with Gasteiger partial charge in [-0.3, -0.25) is 4.79 Å². The first kappa shape index (κ1) is 21.9. The number of hydrogen-bond donors (Lipinski definition) is 2. The van der Waals surface area contributed by atoms with E-state index in [2.05, 4.69) is 20.8 Å². The zero-order valence-corrected chi connectivity index (χ0v) is 19.3. The van der Waals surface area contributed by atoms with E-state index in [0.717, 1.165) is 54.1 Å². The second-order valence-corrected chi connectivity index (χ2v) is 10.6. The Kier molecular flexibility index (Phi) is 6.03. The van der Waals surface area contributed by atoms with E-state index in [1.807, 2.05) is 24.3 Å². The molecule has 5 rings (SSSR count). The zero-order chi connectivity index (χ0) is 22.8. The predicted molar refractivity (Wildman–Crippen MR) is 127 cm³/mol. The number of aryl methyl sites for hydroxylation is 3. The quantitative estimate of drug-likeness (QED) is 0.529. The van der Waals surface area contributed by atoms with Gasteiger partial charge in [-0.25, -0.2) is 18.1 Å². The molecule has 2 aliphatic rings. The fourth-order valence-electron chi connectivity index (χ4n) is 4.08. The molecule has 1 aromatic heterocycles. The molecular formula is C25H28N4O3S. The maximum absolute atomic E-state index is 12.4. The second-order valence-electron chi connectivity index (χ2n) is 8.86. The van der Waals surface area contributed by atoms with Gasteiger partial charge in [0, 0.05) is 42.9 Å². The maximum atomic E-state index is 12.4. The first-order chi connectivity index (χ1) is 16.0. The van der Waals surface area contributed by atoms with E-state index in [1.165, 1.54) is 12.8 Å². The van der Waals surface area contributed by atoms with Crippen LogP contribution in [-0.2, 0) is 34.2 Å². The molecule has 0 spiro atoms. The summed E-state index contributed by atoms with van der Waals surface area (Å²) in [6, 6.07) is 14.6. The van der Waals surface area contributed by atoms with Gasteiger partial charge in [0.25, 0.3) is 0 Å². The average Bonchev–Trinajstić information content (AvgIpc) is 3.51. The molecule has 0 saturated heterocycles. The number of nitrogens with zero attached hydrogens (tertiary/aromatic N) is 2. The summed E-state index contributed by atoms with van der Waals surface area (Å²) in [4.78, 5) is 17.4. The van der Waals surface area contributed by atoms with Gasteiger partial charge in [-0.2, -0.15) is 0 Å². The van der Waals surface area contributed by atoms with Crippen LogP contribution in [0.25, 0.3) is 11.3 Å². The van der Waals surface area contributed by atoms with Gasteiger partial charge < -0.3 is 9.88 Å². The van der Waals surface area contributed by atoms with Gasteiger partial charge >= 0.3 is 0 Å². The molecule has 1 saturated carbocycles. The van der Waals surface area contributed by atoms with Crippen LogP contribution in [0.4, 0.5) is 5.69 Å². The van der Waals surface area contributed by atoms with Crippen LogP contribution in [0.3, 0.4) is 0 Å². The molecule has 1 aliphatic heterocycles. The molecule has 2 aromatic carbocycles. The Bertz CT molecular complexity index is 1220. The second kappa shape index (κ2) is 9.11. The van der Waals surface area contributed by atoms with Crippen LogP contribution < -0.4 is 10.0 Å². The number of fused-ring (bicyclic) bond motifs is 1. The van der Waals surface area contributed by atoms with Gasteiger partial charge in [-0.1, -0.05) is 24.3 Å². The van der Waals surface area contributed by atoms with E-state index in [-0.39, 0.29) is 16.8 Å². The molecule has 0 atom stereocenters. The molecule has 1 aliphatic carbocycles. The molecule has 33 heavy (non-hydrogen) atoms. The fraction of sp³-hybridized carbons (Fsp3) is 0.360. The highest BCUT2D eigenvalue weighted by Gasteiger charge is 2.27. The number of hydrogen-bond acceptors (Lipinski definition) is 4. The molecule has 7 nitrogen and oxygen atoms in total. The Morgan fingerprint density at radius 2 is 1.79 bits per heavy atom. The Balaban J connectivity index is 1.14. The number of carbonyl (C=O) groups is 1. The molecule has 2 heterocycles. The van der Waals surface area contributed by atoms with Crippen molar-refractivity contribution in [2.75, 3.05) is 5.32 Å². The summed E-state index contributed by atoms with van der Waals surface area (Å²) in [5.74, 6) is 1.07. The van der Waals surface area contributed by atoms with Crippen LogP contribution in [0.2, 0.25) is 0 Å². The van der Waals surface area contributed by atoms with Gasteiger partial charge in [0.1, 0.15) is 5.82 Å². The minimum absolute atomic E-state index is 0.0766. The Hall–Kier alpha value is -2.97. The topological polar surface area (TPSA) is 93.1 Å². The lowest BCUT2D eigenvalue weighted by Gasteiger charge is -2.11. The van der Waals surface area contributed by atoms with Gasteiger partial charge in [0.05, 0.1) is 10.6 Å². The highest BCUT2D eigenvalue weighted by Crippen LogP contribution is 2.24. The van der Waals surface area contributed by atoms with Crippen molar-refractivity contribution < 1.29 is 13.2 Å². The molecule has 0 bridgehead atoms. The molecule has 3 aromatic rings. The zero-order valence-electron chi connectivity index (χ0n) is 18.5. The largest absolute Gasteiger partial charge is 0.334 e. The highest BCUT2D eigenvalue weighted by atomic mass is 32.2. The number of amides is 1. The SMILES string of the molecule is O=C(CCc1ccc(S(=O)(=O)NC2CC2)cc1)Nc1ccc(-c2cn3c(n2)CCCC3)cc1. The molecule has 1 fully saturated rings. The lowest BCUT2D eigenvalue weighted by molar-refractivity contribution is -0.116. The summed E-state index contributed by atoms with van der Waals surface area (Å²) in [6.45, 7) is 1.03. The summed E-state index contributed by atoms with van der Waals surface area (Å²) in [5, 5.41) is 2.93. The van der Waals surface area contributed by atoms with Gasteiger partial charge in [0.15, 0.2) is 0 Å². The standard InChI is InChI=1S/C25H28N4O3S/c30-25(15-6-18-4-13-22(14-5-18)33(31,32)28-21-11-12-21)26-20-9-7-19(8-10-20)23-17-29-16-2-1-3-24(29)27-23/h4-5,7-10,13-14,17,21,28H,1-3,6,11-12,15-16H2,(H,26,30). The number of anilines is 1. The Labute approximate surface area is 194 Å². The number of rotatable bonds is 8. The minimum Gasteiger partial charge on any atom is -0.334 e. The third kappa shape index (κ3) is 5.34. The molecule has 172 valence electrons. The van der Waals surface area contributed by atoms with Crippen LogP contribution in [0.15, 0.2) is 59.6 Å². The molecule has 2 N–H and O–H groups in total. The van der Waals surface area contributed by atoms with Gasteiger partial charge in [0.2, 0.25) is 15.9 Å². The first-order valence-corrected chi connectivity index (χ1v) is 13.0. The van der Waals surface area contributed by atoms with Crippen LogP contribution >= 0.6 is 0 Å². The van der Waals surface area contributed by atoms with E-state index in [1.54, 1.807) is 24.3 Å². The van der Waals surface area contributed by atoms with E-state index in [9.17, 15) is 13.2 Å².